The molecular weight excluding hydrogens is 257 g/mol. The lowest BCUT2D eigenvalue weighted by Crippen LogP contribution is -2.02. The van der Waals surface area contributed by atoms with E-state index in [-0.39, 0.29) is 0 Å². The van der Waals surface area contributed by atoms with Crippen molar-refractivity contribution in [2.75, 3.05) is 0 Å². The Labute approximate surface area is 110 Å². The second-order valence-corrected chi connectivity index (χ2v) is 4.68. The summed E-state index contributed by atoms with van der Waals surface area (Å²) in [5.41, 5.74) is 9.62. The fourth-order valence-electron chi connectivity index (χ4n) is 1.84. The van der Waals surface area contributed by atoms with Gasteiger partial charge in [-0.05, 0) is 32.0 Å². The maximum atomic E-state index is 6.00. The van der Waals surface area contributed by atoms with Gasteiger partial charge in [0, 0.05) is 17.8 Å². The Balaban J connectivity index is 2.57. The molecule has 0 amide bonds. The molecule has 0 fully saturated rings. The molecule has 0 aliphatic rings. The lowest BCUT2D eigenvalue weighted by atomic mass is 10.2. The van der Waals surface area contributed by atoms with Crippen LogP contribution in [0.3, 0.4) is 0 Å². The third-order valence-electron chi connectivity index (χ3n) is 2.79. The smallest absolute Gasteiger partial charge is 0.0664 e. The van der Waals surface area contributed by atoms with Crippen molar-refractivity contribution >= 4 is 23.2 Å². The monoisotopic (exact) mass is 269 g/mol. The fourth-order valence-corrected chi connectivity index (χ4v) is 2.13. The number of halogens is 2. The molecule has 90 valence electrons. The minimum absolute atomic E-state index is 0.485. The maximum absolute atomic E-state index is 6.00. The lowest BCUT2D eigenvalue weighted by Gasteiger charge is -2.06. The van der Waals surface area contributed by atoms with Gasteiger partial charge in [-0.2, -0.15) is 5.10 Å². The Morgan fingerprint density at radius 2 is 1.94 bits per heavy atom. The minimum atomic E-state index is 0.485. The van der Waals surface area contributed by atoms with Gasteiger partial charge in [0.25, 0.3) is 0 Å². The third kappa shape index (κ3) is 2.18. The van der Waals surface area contributed by atoms with Gasteiger partial charge < -0.3 is 5.73 Å². The van der Waals surface area contributed by atoms with Gasteiger partial charge in [0.1, 0.15) is 0 Å². The van der Waals surface area contributed by atoms with Crippen LogP contribution >= 0.6 is 23.2 Å². The molecule has 3 nitrogen and oxygen atoms in total. The number of nitrogens with zero attached hydrogens (tertiary/aromatic N) is 2. The molecule has 1 aromatic heterocycles. The summed E-state index contributed by atoms with van der Waals surface area (Å²) in [6.07, 6.45) is 0. The standard InChI is InChI=1S/C12H13Cl2N3/c1-7-10(6-15)8(2)17(16-7)9-3-4-11(13)12(14)5-9/h3-5H,6,15H2,1-2H3. The molecule has 0 radical (unpaired) electrons. The first-order chi connectivity index (χ1) is 8.04. The summed E-state index contributed by atoms with van der Waals surface area (Å²) >= 11 is 11.9. The summed E-state index contributed by atoms with van der Waals surface area (Å²) in [6.45, 7) is 4.42. The number of benzene rings is 1. The summed E-state index contributed by atoms with van der Waals surface area (Å²) in [7, 11) is 0. The molecule has 2 N–H and O–H groups in total. The van der Waals surface area contributed by atoms with Crippen molar-refractivity contribution in [1.29, 1.82) is 0 Å². The highest BCUT2D eigenvalue weighted by Crippen LogP contribution is 2.25. The summed E-state index contributed by atoms with van der Waals surface area (Å²) in [4.78, 5) is 0. The van der Waals surface area contributed by atoms with E-state index in [1.54, 1.807) is 12.1 Å². The number of aryl methyl sites for hydroxylation is 1. The van der Waals surface area contributed by atoms with Gasteiger partial charge in [0.05, 0.1) is 21.4 Å². The molecule has 1 heterocycles. The highest BCUT2D eigenvalue weighted by molar-refractivity contribution is 6.42. The first kappa shape index (κ1) is 12.4. The van der Waals surface area contributed by atoms with E-state index >= 15 is 0 Å². The molecule has 0 aliphatic carbocycles. The van der Waals surface area contributed by atoms with Crippen molar-refractivity contribution in [3.05, 3.63) is 45.2 Å². The van der Waals surface area contributed by atoms with E-state index in [1.165, 1.54) is 0 Å². The fraction of sp³-hybridized carbons (Fsp3) is 0.250. The Morgan fingerprint density at radius 3 is 2.47 bits per heavy atom. The summed E-state index contributed by atoms with van der Waals surface area (Å²) in [5, 5.41) is 5.51. The van der Waals surface area contributed by atoms with E-state index in [0.717, 1.165) is 22.6 Å². The van der Waals surface area contributed by atoms with E-state index in [0.29, 0.717) is 16.6 Å². The Bertz CT molecular complexity index is 561. The molecule has 0 bridgehead atoms. The van der Waals surface area contributed by atoms with Crippen LogP contribution in [0.4, 0.5) is 0 Å². The van der Waals surface area contributed by atoms with E-state index in [4.69, 9.17) is 28.9 Å². The van der Waals surface area contributed by atoms with Gasteiger partial charge >= 0.3 is 0 Å². The third-order valence-corrected chi connectivity index (χ3v) is 3.53. The van der Waals surface area contributed by atoms with E-state index in [1.807, 2.05) is 24.6 Å². The number of nitrogens with two attached hydrogens (primary N) is 1. The van der Waals surface area contributed by atoms with Gasteiger partial charge in [-0.15, -0.1) is 0 Å². The molecule has 2 aromatic rings. The van der Waals surface area contributed by atoms with E-state index in [2.05, 4.69) is 5.10 Å². The quantitative estimate of drug-likeness (QED) is 0.910. The minimum Gasteiger partial charge on any atom is -0.326 e. The van der Waals surface area contributed by atoms with E-state index in [9.17, 15) is 0 Å². The van der Waals surface area contributed by atoms with Crippen molar-refractivity contribution in [3.8, 4) is 5.69 Å². The van der Waals surface area contributed by atoms with Gasteiger partial charge in [0.15, 0.2) is 0 Å². The first-order valence-corrected chi connectivity index (χ1v) is 6.00. The largest absolute Gasteiger partial charge is 0.326 e. The summed E-state index contributed by atoms with van der Waals surface area (Å²) < 4.78 is 1.83. The molecule has 0 spiro atoms. The molecule has 0 atom stereocenters. The molecule has 0 saturated carbocycles. The molecular formula is C12H13Cl2N3. The van der Waals surface area contributed by atoms with Crippen LogP contribution in [0.5, 0.6) is 0 Å². The van der Waals surface area contributed by atoms with Gasteiger partial charge in [0.2, 0.25) is 0 Å². The van der Waals surface area contributed by atoms with Crippen LogP contribution < -0.4 is 5.73 Å². The molecule has 0 unspecified atom stereocenters. The molecule has 2 rings (SSSR count). The van der Waals surface area contributed by atoms with Crippen LogP contribution in [0.2, 0.25) is 10.0 Å². The normalized spacial score (nSPS) is 10.9. The zero-order valence-electron chi connectivity index (χ0n) is 9.67. The van der Waals surface area contributed by atoms with Crippen molar-refractivity contribution < 1.29 is 0 Å². The number of hydrogen-bond acceptors (Lipinski definition) is 2. The zero-order chi connectivity index (χ0) is 12.6. The lowest BCUT2D eigenvalue weighted by molar-refractivity contribution is 0.832. The topological polar surface area (TPSA) is 43.8 Å². The van der Waals surface area contributed by atoms with Crippen LogP contribution in [0.25, 0.3) is 5.69 Å². The van der Waals surface area contributed by atoms with Crippen molar-refractivity contribution in [1.82, 2.24) is 9.78 Å². The predicted octanol–water partition coefficient (Wildman–Crippen LogP) is 3.25. The van der Waals surface area contributed by atoms with Crippen molar-refractivity contribution in [3.63, 3.8) is 0 Å². The average Bonchev–Trinajstić information content (AvgIpc) is 2.58. The van der Waals surface area contributed by atoms with Crippen molar-refractivity contribution in [2.24, 2.45) is 5.73 Å². The van der Waals surface area contributed by atoms with Gasteiger partial charge in [-0.25, -0.2) is 4.68 Å². The zero-order valence-corrected chi connectivity index (χ0v) is 11.2. The maximum Gasteiger partial charge on any atom is 0.0664 e. The first-order valence-electron chi connectivity index (χ1n) is 5.25. The van der Waals surface area contributed by atoms with Crippen LogP contribution in [-0.4, -0.2) is 9.78 Å². The van der Waals surface area contributed by atoms with E-state index < -0.39 is 0 Å². The Kier molecular flexibility index (Phi) is 3.43. The molecule has 17 heavy (non-hydrogen) atoms. The second-order valence-electron chi connectivity index (χ2n) is 3.86. The van der Waals surface area contributed by atoms with Gasteiger partial charge in [-0.3, -0.25) is 0 Å². The SMILES string of the molecule is Cc1nn(-c2ccc(Cl)c(Cl)c2)c(C)c1CN. The summed E-state index contributed by atoms with van der Waals surface area (Å²) in [6, 6.07) is 5.44. The molecule has 1 aromatic carbocycles. The van der Waals surface area contributed by atoms with Crippen LogP contribution in [0.15, 0.2) is 18.2 Å². The highest BCUT2D eigenvalue weighted by atomic mass is 35.5. The molecule has 0 aliphatic heterocycles. The number of rotatable bonds is 2. The molecule has 5 heteroatoms. The predicted molar refractivity (Wildman–Crippen MR) is 70.9 cm³/mol. The second kappa shape index (κ2) is 4.69. The number of hydrogen-bond donors (Lipinski definition) is 1. The van der Waals surface area contributed by atoms with Crippen LogP contribution in [0, 0.1) is 13.8 Å². The average molecular weight is 270 g/mol. The van der Waals surface area contributed by atoms with Crippen LogP contribution in [0.1, 0.15) is 17.0 Å². The summed E-state index contributed by atoms with van der Waals surface area (Å²) in [5.74, 6) is 0. The number of aromatic nitrogens is 2. The Hall–Kier alpha value is -1.03. The Morgan fingerprint density at radius 1 is 1.24 bits per heavy atom. The highest BCUT2D eigenvalue weighted by Gasteiger charge is 2.11. The van der Waals surface area contributed by atoms with Crippen molar-refractivity contribution in [2.45, 2.75) is 20.4 Å². The molecule has 0 saturated heterocycles. The van der Waals surface area contributed by atoms with Gasteiger partial charge in [-0.1, -0.05) is 23.2 Å². The van der Waals surface area contributed by atoms with Crippen LogP contribution in [-0.2, 0) is 6.54 Å².